The molecule has 0 atom stereocenters. The summed E-state index contributed by atoms with van der Waals surface area (Å²) in [4.78, 5) is 19.7. The average molecular weight is 284 g/mol. The number of amides is 1. The topological polar surface area (TPSA) is 68.9 Å². The fourth-order valence-corrected chi connectivity index (χ4v) is 2.42. The number of nitrogens with zero attached hydrogens (tertiary/aromatic N) is 2. The third-order valence-corrected chi connectivity index (χ3v) is 3.35. The number of rotatable bonds is 2. The van der Waals surface area contributed by atoms with E-state index in [4.69, 9.17) is 5.73 Å². The molecule has 4 nitrogen and oxygen atoms in total. The number of halogens is 1. The Morgan fingerprint density at radius 1 is 1.40 bits per heavy atom. The first-order valence-electron chi connectivity index (χ1n) is 4.05. The lowest BCUT2D eigenvalue weighted by Crippen LogP contribution is -2.15. The molecule has 0 bridgehead atoms. The summed E-state index contributed by atoms with van der Waals surface area (Å²) in [6.07, 6.45) is 1.52. The van der Waals surface area contributed by atoms with Crippen LogP contribution in [-0.4, -0.2) is 15.9 Å². The summed E-state index contributed by atoms with van der Waals surface area (Å²) in [5.74, 6) is -0.579. The molecule has 15 heavy (non-hydrogen) atoms. The zero-order valence-electron chi connectivity index (χ0n) is 7.48. The van der Waals surface area contributed by atoms with E-state index in [9.17, 15) is 4.79 Å². The van der Waals surface area contributed by atoms with E-state index in [1.54, 1.807) is 6.07 Å². The van der Waals surface area contributed by atoms with Crippen LogP contribution in [0.15, 0.2) is 28.2 Å². The molecule has 2 aromatic heterocycles. The Balaban J connectivity index is 2.45. The molecule has 0 fully saturated rings. The number of carbonyl (C=O) groups is 1. The van der Waals surface area contributed by atoms with E-state index in [1.165, 1.54) is 17.5 Å². The Morgan fingerprint density at radius 3 is 2.80 bits per heavy atom. The third kappa shape index (κ3) is 2.21. The first-order chi connectivity index (χ1) is 7.16. The first kappa shape index (κ1) is 10.3. The van der Waals surface area contributed by atoms with Gasteiger partial charge in [0.05, 0.1) is 14.4 Å². The van der Waals surface area contributed by atoms with Gasteiger partial charge in [-0.05, 0) is 34.1 Å². The number of aromatic nitrogens is 2. The van der Waals surface area contributed by atoms with Crippen molar-refractivity contribution in [3.8, 4) is 10.6 Å². The van der Waals surface area contributed by atoms with Crippen LogP contribution < -0.4 is 5.73 Å². The van der Waals surface area contributed by atoms with Gasteiger partial charge in [-0.1, -0.05) is 0 Å². The second-order valence-electron chi connectivity index (χ2n) is 2.73. The Bertz CT molecular complexity index is 512. The lowest BCUT2D eigenvalue weighted by Gasteiger charge is -1.97. The van der Waals surface area contributed by atoms with Crippen LogP contribution >= 0.6 is 27.3 Å². The van der Waals surface area contributed by atoms with Crippen LogP contribution in [-0.2, 0) is 0 Å². The summed E-state index contributed by atoms with van der Waals surface area (Å²) >= 11 is 4.90. The van der Waals surface area contributed by atoms with Crippen molar-refractivity contribution in [1.29, 1.82) is 0 Å². The number of thiophene rings is 1. The standard InChI is InChI=1S/C9H6BrN3OS/c10-7-2-1-6(15-7)5-3-4-12-9(13-5)8(11)14/h1-4H,(H2,11,14). The lowest BCUT2D eigenvalue weighted by atomic mass is 10.3. The van der Waals surface area contributed by atoms with Gasteiger partial charge >= 0.3 is 0 Å². The summed E-state index contributed by atoms with van der Waals surface area (Å²) in [5.41, 5.74) is 5.80. The predicted molar refractivity (Wildman–Crippen MR) is 61.6 cm³/mol. The zero-order chi connectivity index (χ0) is 10.8. The molecule has 0 aromatic carbocycles. The minimum atomic E-state index is -0.618. The highest BCUT2D eigenvalue weighted by Gasteiger charge is 2.07. The summed E-state index contributed by atoms with van der Waals surface area (Å²) in [7, 11) is 0. The van der Waals surface area contributed by atoms with Crippen LogP contribution in [0.2, 0.25) is 0 Å². The molecule has 2 heterocycles. The maximum Gasteiger partial charge on any atom is 0.286 e. The summed E-state index contributed by atoms with van der Waals surface area (Å²) in [5, 5.41) is 0. The molecule has 76 valence electrons. The molecule has 0 spiro atoms. The normalized spacial score (nSPS) is 10.2. The van der Waals surface area contributed by atoms with Crippen molar-refractivity contribution in [2.45, 2.75) is 0 Å². The van der Waals surface area contributed by atoms with Crippen LogP contribution in [0.4, 0.5) is 0 Å². The van der Waals surface area contributed by atoms with Gasteiger partial charge in [-0.15, -0.1) is 11.3 Å². The van der Waals surface area contributed by atoms with E-state index >= 15 is 0 Å². The van der Waals surface area contributed by atoms with Crippen LogP contribution in [0.3, 0.4) is 0 Å². The summed E-state index contributed by atoms with van der Waals surface area (Å²) in [6.45, 7) is 0. The van der Waals surface area contributed by atoms with Crippen molar-refractivity contribution in [3.05, 3.63) is 34.0 Å². The van der Waals surface area contributed by atoms with Gasteiger partial charge in [0.15, 0.2) is 0 Å². The maximum absolute atomic E-state index is 10.9. The van der Waals surface area contributed by atoms with Crippen molar-refractivity contribution in [3.63, 3.8) is 0 Å². The smallest absolute Gasteiger partial charge is 0.286 e. The Labute approximate surface area is 98.3 Å². The number of hydrogen-bond donors (Lipinski definition) is 1. The maximum atomic E-state index is 10.9. The highest BCUT2D eigenvalue weighted by Crippen LogP contribution is 2.29. The highest BCUT2D eigenvalue weighted by atomic mass is 79.9. The van der Waals surface area contributed by atoms with Crippen molar-refractivity contribution < 1.29 is 4.79 Å². The fourth-order valence-electron chi connectivity index (χ4n) is 1.07. The third-order valence-electron chi connectivity index (χ3n) is 1.70. The lowest BCUT2D eigenvalue weighted by molar-refractivity contribution is 0.0990. The van der Waals surface area contributed by atoms with Crippen molar-refractivity contribution in [2.24, 2.45) is 5.73 Å². The van der Waals surface area contributed by atoms with E-state index in [-0.39, 0.29) is 5.82 Å². The van der Waals surface area contributed by atoms with Crippen LogP contribution in [0.25, 0.3) is 10.6 Å². The Morgan fingerprint density at radius 2 is 2.20 bits per heavy atom. The molecule has 0 aliphatic rings. The molecule has 2 N–H and O–H groups in total. The molecule has 0 saturated carbocycles. The molecule has 0 aliphatic heterocycles. The first-order valence-corrected chi connectivity index (χ1v) is 5.66. The van der Waals surface area contributed by atoms with E-state index in [0.29, 0.717) is 5.69 Å². The zero-order valence-corrected chi connectivity index (χ0v) is 9.88. The van der Waals surface area contributed by atoms with Crippen LogP contribution in [0.5, 0.6) is 0 Å². The number of nitrogens with two attached hydrogens (primary N) is 1. The van der Waals surface area contributed by atoms with Gasteiger partial charge in [-0.25, -0.2) is 9.97 Å². The summed E-state index contributed by atoms with van der Waals surface area (Å²) < 4.78 is 1.01. The molecule has 0 aliphatic carbocycles. The van der Waals surface area contributed by atoms with Crippen molar-refractivity contribution >= 4 is 33.2 Å². The fraction of sp³-hybridized carbons (Fsp3) is 0. The number of hydrogen-bond acceptors (Lipinski definition) is 4. The second kappa shape index (κ2) is 4.08. The molecule has 0 saturated heterocycles. The SMILES string of the molecule is NC(=O)c1nccc(-c2ccc(Br)s2)n1. The van der Waals surface area contributed by atoms with E-state index in [2.05, 4.69) is 25.9 Å². The van der Waals surface area contributed by atoms with Gasteiger partial charge in [0.25, 0.3) is 5.91 Å². The quantitative estimate of drug-likeness (QED) is 0.917. The predicted octanol–water partition coefficient (Wildman–Crippen LogP) is 2.07. The molecule has 2 rings (SSSR count). The molecule has 1 amide bonds. The van der Waals surface area contributed by atoms with Gasteiger partial charge in [-0.2, -0.15) is 0 Å². The Hall–Kier alpha value is -1.27. The monoisotopic (exact) mass is 283 g/mol. The molecule has 2 aromatic rings. The highest BCUT2D eigenvalue weighted by molar-refractivity contribution is 9.11. The van der Waals surface area contributed by atoms with Gasteiger partial charge < -0.3 is 5.73 Å². The average Bonchev–Trinajstić information content (AvgIpc) is 2.65. The van der Waals surface area contributed by atoms with E-state index in [1.807, 2.05) is 12.1 Å². The van der Waals surface area contributed by atoms with E-state index in [0.717, 1.165) is 8.66 Å². The van der Waals surface area contributed by atoms with Crippen molar-refractivity contribution in [1.82, 2.24) is 9.97 Å². The molecule has 6 heteroatoms. The van der Waals surface area contributed by atoms with Gasteiger partial charge in [0.2, 0.25) is 5.82 Å². The van der Waals surface area contributed by atoms with E-state index < -0.39 is 5.91 Å². The van der Waals surface area contributed by atoms with Crippen LogP contribution in [0.1, 0.15) is 10.6 Å². The molecular formula is C9H6BrN3OS. The van der Waals surface area contributed by atoms with Gasteiger partial charge in [0.1, 0.15) is 0 Å². The number of primary amides is 1. The largest absolute Gasteiger partial charge is 0.363 e. The number of carbonyl (C=O) groups excluding carboxylic acids is 1. The molecule has 0 unspecified atom stereocenters. The summed E-state index contributed by atoms with van der Waals surface area (Å²) in [6, 6.07) is 5.58. The van der Waals surface area contributed by atoms with Gasteiger partial charge in [-0.3, -0.25) is 4.79 Å². The minimum Gasteiger partial charge on any atom is -0.363 e. The Kier molecular flexibility index (Phi) is 2.79. The second-order valence-corrected chi connectivity index (χ2v) is 5.20. The molecule has 0 radical (unpaired) electrons. The minimum absolute atomic E-state index is 0.0389. The van der Waals surface area contributed by atoms with Crippen molar-refractivity contribution in [2.75, 3.05) is 0 Å². The van der Waals surface area contributed by atoms with Crippen LogP contribution in [0, 0.1) is 0 Å². The van der Waals surface area contributed by atoms with Gasteiger partial charge in [0, 0.05) is 6.20 Å². The molecular weight excluding hydrogens is 278 g/mol.